The average Bonchev–Trinajstić information content (AvgIpc) is 3.19. The highest BCUT2D eigenvalue weighted by Gasteiger charge is 2.44. The molecule has 1 heterocycles. The van der Waals surface area contributed by atoms with Gasteiger partial charge in [0.1, 0.15) is 6.10 Å². The van der Waals surface area contributed by atoms with Crippen molar-refractivity contribution in [1.82, 2.24) is 4.90 Å². The highest BCUT2D eigenvalue weighted by Crippen LogP contribution is 2.38. The van der Waals surface area contributed by atoms with Crippen LogP contribution in [0.25, 0.3) is 0 Å². The van der Waals surface area contributed by atoms with Crippen LogP contribution in [0.4, 0.5) is 0 Å². The Kier molecular flexibility index (Phi) is 5.63. The zero-order valence-electron chi connectivity index (χ0n) is 15.6. The lowest BCUT2D eigenvalue weighted by molar-refractivity contribution is -0.158. The number of hydrogen-bond donors (Lipinski definition) is 1. The Morgan fingerprint density at radius 1 is 1.38 bits per heavy atom. The molecule has 1 saturated heterocycles. The summed E-state index contributed by atoms with van der Waals surface area (Å²) in [5, 5.41) is 9.29. The van der Waals surface area contributed by atoms with E-state index in [-0.39, 0.29) is 23.9 Å². The van der Waals surface area contributed by atoms with Crippen LogP contribution in [0.2, 0.25) is 0 Å². The van der Waals surface area contributed by atoms with Gasteiger partial charge in [-0.1, -0.05) is 31.2 Å². The van der Waals surface area contributed by atoms with Gasteiger partial charge >= 0.3 is 5.97 Å². The van der Waals surface area contributed by atoms with E-state index >= 15 is 0 Å². The lowest BCUT2D eigenvalue weighted by Gasteiger charge is -2.36. The van der Waals surface area contributed by atoms with Crippen molar-refractivity contribution in [3.05, 3.63) is 35.4 Å². The Labute approximate surface area is 154 Å². The predicted molar refractivity (Wildman–Crippen MR) is 95.8 cm³/mol. The van der Waals surface area contributed by atoms with Gasteiger partial charge in [0, 0.05) is 7.11 Å². The number of methoxy groups -OCH3 is 1. The molecule has 0 aromatic heterocycles. The molecule has 0 spiro atoms. The van der Waals surface area contributed by atoms with E-state index in [1.807, 2.05) is 30.9 Å². The summed E-state index contributed by atoms with van der Waals surface area (Å²) in [6, 6.07) is 8.05. The van der Waals surface area contributed by atoms with Crippen molar-refractivity contribution < 1.29 is 24.2 Å². The Morgan fingerprint density at radius 2 is 2.12 bits per heavy atom. The predicted octanol–water partition coefficient (Wildman–Crippen LogP) is 2.42. The summed E-state index contributed by atoms with van der Waals surface area (Å²) in [4.78, 5) is 26.5. The molecule has 1 aliphatic heterocycles. The van der Waals surface area contributed by atoms with E-state index in [4.69, 9.17) is 9.47 Å². The number of carbonyl (C=O) groups excluding carboxylic acids is 1. The second-order valence-corrected chi connectivity index (χ2v) is 7.40. The molecule has 1 N–H and O–H groups in total. The van der Waals surface area contributed by atoms with E-state index in [2.05, 4.69) is 12.1 Å². The molecule has 142 valence electrons. The van der Waals surface area contributed by atoms with Crippen LogP contribution >= 0.6 is 0 Å². The minimum atomic E-state index is -1.00. The number of ether oxygens (including phenoxy) is 2. The number of aryl methyl sites for hydroxylation is 1. The fourth-order valence-electron chi connectivity index (χ4n) is 4.28. The number of carbonyl (C=O) groups is 2. The molecule has 1 aliphatic carbocycles. The Hall–Kier alpha value is -1.92. The van der Waals surface area contributed by atoms with E-state index in [9.17, 15) is 14.7 Å². The van der Waals surface area contributed by atoms with Gasteiger partial charge in [-0.25, -0.2) is 4.79 Å². The number of rotatable bonds is 6. The molecular weight excluding hydrogens is 334 g/mol. The molecule has 6 heteroatoms. The van der Waals surface area contributed by atoms with Crippen LogP contribution in [0.5, 0.6) is 0 Å². The summed E-state index contributed by atoms with van der Waals surface area (Å²) in [5.74, 6) is -1.32. The quantitative estimate of drug-likeness (QED) is 0.842. The van der Waals surface area contributed by atoms with Gasteiger partial charge in [0.25, 0.3) is 5.91 Å². The van der Waals surface area contributed by atoms with E-state index in [1.165, 1.54) is 11.1 Å². The summed E-state index contributed by atoms with van der Waals surface area (Å²) in [6.07, 6.45) is 0.603. The second-order valence-electron chi connectivity index (χ2n) is 7.40. The van der Waals surface area contributed by atoms with Gasteiger partial charge < -0.3 is 19.5 Å². The number of benzene rings is 1. The highest BCUT2D eigenvalue weighted by atomic mass is 16.5. The normalized spacial score (nSPS) is 28.6. The Bertz CT molecular complexity index is 676. The van der Waals surface area contributed by atoms with E-state index in [0.29, 0.717) is 13.0 Å². The fourth-order valence-corrected chi connectivity index (χ4v) is 4.28. The maximum Gasteiger partial charge on any atom is 0.333 e. The van der Waals surface area contributed by atoms with Crippen LogP contribution in [-0.4, -0.2) is 53.8 Å². The third kappa shape index (κ3) is 3.48. The summed E-state index contributed by atoms with van der Waals surface area (Å²) in [5.41, 5.74) is 2.44. The van der Waals surface area contributed by atoms with Gasteiger partial charge in [0.2, 0.25) is 0 Å². The van der Waals surface area contributed by atoms with Gasteiger partial charge in [0.15, 0.2) is 6.10 Å². The lowest BCUT2D eigenvalue weighted by atomic mass is 9.99. The standard InChI is InChI=1S/C20H27NO5/c1-12-10-17(26-18(12)20(23)24)19(22)21(13(2)11-25-3)16-9-8-14-6-4-5-7-15(14)16/h4-7,12-13,16-18H,8-11H2,1-3H3,(H,23,24)/t12-,13?,16?,17-,18-/m0/s1. The van der Waals surface area contributed by atoms with Crippen LogP contribution < -0.4 is 0 Å². The lowest BCUT2D eigenvalue weighted by Crippen LogP contribution is -2.48. The third-order valence-corrected chi connectivity index (χ3v) is 5.51. The Morgan fingerprint density at radius 3 is 2.77 bits per heavy atom. The van der Waals surface area contributed by atoms with Crippen molar-refractivity contribution in [2.45, 2.75) is 57.4 Å². The van der Waals surface area contributed by atoms with Crippen LogP contribution in [-0.2, 0) is 25.5 Å². The van der Waals surface area contributed by atoms with Crippen molar-refractivity contribution >= 4 is 11.9 Å². The van der Waals surface area contributed by atoms with Gasteiger partial charge in [-0.15, -0.1) is 0 Å². The van der Waals surface area contributed by atoms with E-state index in [0.717, 1.165) is 12.8 Å². The molecule has 5 atom stereocenters. The monoisotopic (exact) mass is 361 g/mol. The highest BCUT2D eigenvalue weighted by molar-refractivity contribution is 5.83. The van der Waals surface area contributed by atoms with Crippen LogP contribution in [0.1, 0.15) is 43.9 Å². The molecule has 1 fully saturated rings. The minimum absolute atomic E-state index is 0.0216. The van der Waals surface area contributed by atoms with Crippen molar-refractivity contribution in [3.63, 3.8) is 0 Å². The molecule has 26 heavy (non-hydrogen) atoms. The Balaban J connectivity index is 1.86. The molecule has 0 radical (unpaired) electrons. The molecule has 2 aliphatic rings. The summed E-state index contributed by atoms with van der Waals surface area (Å²) < 4.78 is 10.9. The number of aliphatic carboxylic acids is 1. The topological polar surface area (TPSA) is 76.1 Å². The largest absolute Gasteiger partial charge is 0.479 e. The molecule has 6 nitrogen and oxygen atoms in total. The van der Waals surface area contributed by atoms with Gasteiger partial charge in [-0.3, -0.25) is 4.79 Å². The van der Waals surface area contributed by atoms with Crippen molar-refractivity contribution in [2.75, 3.05) is 13.7 Å². The molecular formula is C20H27NO5. The number of nitrogens with zero attached hydrogens (tertiary/aromatic N) is 1. The number of amides is 1. The van der Waals surface area contributed by atoms with Crippen LogP contribution in [0.15, 0.2) is 24.3 Å². The molecule has 3 rings (SSSR count). The first-order valence-corrected chi connectivity index (χ1v) is 9.21. The maximum atomic E-state index is 13.3. The molecule has 2 unspecified atom stereocenters. The summed E-state index contributed by atoms with van der Waals surface area (Å²) in [7, 11) is 1.62. The van der Waals surface area contributed by atoms with Crippen LogP contribution in [0.3, 0.4) is 0 Å². The first kappa shape index (κ1) is 18.9. The molecule has 0 bridgehead atoms. The third-order valence-electron chi connectivity index (χ3n) is 5.51. The van der Waals surface area contributed by atoms with Gasteiger partial charge in [-0.2, -0.15) is 0 Å². The minimum Gasteiger partial charge on any atom is -0.479 e. The first-order chi connectivity index (χ1) is 12.4. The number of hydrogen-bond acceptors (Lipinski definition) is 4. The first-order valence-electron chi connectivity index (χ1n) is 9.21. The van der Waals surface area contributed by atoms with E-state index in [1.54, 1.807) is 7.11 Å². The van der Waals surface area contributed by atoms with E-state index < -0.39 is 18.2 Å². The molecule has 1 amide bonds. The number of fused-ring (bicyclic) bond motifs is 1. The summed E-state index contributed by atoms with van der Waals surface area (Å²) in [6.45, 7) is 4.21. The van der Waals surface area contributed by atoms with Crippen LogP contribution in [0, 0.1) is 5.92 Å². The maximum absolute atomic E-state index is 13.3. The molecule has 1 aromatic carbocycles. The summed E-state index contributed by atoms with van der Waals surface area (Å²) >= 11 is 0. The molecule has 1 aromatic rings. The average molecular weight is 361 g/mol. The zero-order chi connectivity index (χ0) is 18.8. The van der Waals surface area contributed by atoms with Gasteiger partial charge in [0.05, 0.1) is 18.7 Å². The smallest absolute Gasteiger partial charge is 0.333 e. The fraction of sp³-hybridized carbons (Fsp3) is 0.600. The van der Waals surface area contributed by atoms with Crippen molar-refractivity contribution in [2.24, 2.45) is 5.92 Å². The van der Waals surface area contributed by atoms with Crippen molar-refractivity contribution in [3.8, 4) is 0 Å². The number of carboxylic acid groups (broad SMARTS) is 1. The zero-order valence-corrected chi connectivity index (χ0v) is 15.6. The number of carboxylic acids is 1. The van der Waals surface area contributed by atoms with Gasteiger partial charge in [-0.05, 0) is 43.2 Å². The molecule has 0 saturated carbocycles. The van der Waals surface area contributed by atoms with Crippen molar-refractivity contribution in [1.29, 1.82) is 0 Å². The second kappa shape index (κ2) is 7.76. The SMILES string of the molecule is COCC(C)N(C(=O)[C@@H]1C[C@H](C)[C@@H](C(=O)O)O1)C1CCc2ccccc21.